The van der Waals surface area contributed by atoms with Gasteiger partial charge in [0.15, 0.2) is 0 Å². The summed E-state index contributed by atoms with van der Waals surface area (Å²) in [5.74, 6) is -0.0637. The van der Waals surface area contributed by atoms with Gasteiger partial charge in [-0.05, 0) is 28.4 Å². The molecule has 1 atom stereocenters. The van der Waals surface area contributed by atoms with Crippen molar-refractivity contribution in [1.29, 1.82) is 0 Å². The quantitative estimate of drug-likeness (QED) is 0.461. The molecule has 90 valence electrons. The first-order valence-corrected chi connectivity index (χ1v) is 6.61. The molecule has 0 aliphatic carbocycles. The third-order valence-corrected chi connectivity index (χ3v) is 4.09. The van der Waals surface area contributed by atoms with Crippen LogP contribution in [0.15, 0.2) is 22.7 Å². The first-order valence-electron chi connectivity index (χ1n) is 4.90. The molecule has 1 unspecified atom stereocenters. The number of carbonyl (C=O) groups excluding carboxylic acids is 1. The van der Waals surface area contributed by atoms with Crippen LogP contribution in [0.1, 0.15) is 6.42 Å². The molecule has 1 fully saturated rings. The van der Waals surface area contributed by atoms with E-state index in [1.807, 2.05) is 0 Å². The Balaban J connectivity index is 2.41. The zero-order chi connectivity index (χ0) is 12.6. The van der Waals surface area contributed by atoms with Gasteiger partial charge in [0.25, 0.3) is 5.69 Å². The second kappa shape index (κ2) is 4.73. The lowest BCUT2D eigenvalue weighted by Gasteiger charge is -2.17. The van der Waals surface area contributed by atoms with Crippen molar-refractivity contribution in [3.05, 3.63) is 32.8 Å². The van der Waals surface area contributed by atoms with Crippen molar-refractivity contribution in [2.24, 2.45) is 0 Å². The molecule has 0 saturated carbocycles. The Morgan fingerprint density at radius 1 is 1.47 bits per heavy atom. The number of halogens is 2. The van der Waals surface area contributed by atoms with E-state index in [-0.39, 0.29) is 16.4 Å². The van der Waals surface area contributed by atoms with Gasteiger partial charge in [0, 0.05) is 23.2 Å². The molecule has 0 spiro atoms. The number of carbonyl (C=O) groups is 1. The number of alkyl halides is 1. The molecule has 0 N–H and O–H groups in total. The summed E-state index contributed by atoms with van der Waals surface area (Å²) in [4.78, 5) is 23.4. The van der Waals surface area contributed by atoms with Gasteiger partial charge >= 0.3 is 0 Å². The van der Waals surface area contributed by atoms with Crippen LogP contribution in [0, 0.1) is 10.1 Å². The Morgan fingerprint density at radius 3 is 2.71 bits per heavy atom. The van der Waals surface area contributed by atoms with E-state index in [0.29, 0.717) is 23.1 Å². The van der Waals surface area contributed by atoms with E-state index in [2.05, 4.69) is 31.9 Å². The SMILES string of the molecule is O=C1C(Br)CCN1c1cc([N+](=O)[O-])ccc1Br. The summed E-state index contributed by atoms with van der Waals surface area (Å²) in [5.41, 5.74) is 0.528. The molecule has 1 heterocycles. The molecular weight excluding hydrogens is 356 g/mol. The van der Waals surface area contributed by atoms with E-state index >= 15 is 0 Å². The topological polar surface area (TPSA) is 63.5 Å². The third-order valence-electron chi connectivity index (χ3n) is 2.57. The van der Waals surface area contributed by atoms with Gasteiger partial charge in [-0.3, -0.25) is 14.9 Å². The molecule has 1 aliphatic heterocycles. The molecule has 1 amide bonds. The van der Waals surface area contributed by atoms with Gasteiger partial charge in [-0.15, -0.1) is 0 Å². The van der Waals surface area contributed by atoms with Gasteiger partial charge in [-0.25, -0.2) is 0 Å². The lowest BCUT2D eigenvalue weighted by atomic mass is 10.2. The minimum Gasteiger partial charge on any atom is -0.310 e. The van der Waals surface area contributed by atoms with Crippen molar-refractivity contribution in [2.75, 3.05) is 11.4 Å². The van der Waals surface area contributed by atoms with Gasteiger partial charge in [0.2, 0.25) is 5.91 Å². The number of anilines is 1. The molecule has 1 saturated heterocycles. The zero-order valence-corrected chi connectivity index (χ0v) is 11.8. The predicted octanol–water partition coefficient (Wildman–Crippen LogP) is 2.86. The van der Waals surface area contributed by atoms with E-state index < -0.39 is 4.92 Å². The molecule has 17 heavy (non-hydrogen) atoms. The smallest absolute Gasteiger partial charge is 0.271 e. The predicted molar refractivity (Wildman–Crippen MR) is 70.5 cm³/mol. The fourth-order valence-corrected chi connectivity index (χ4v) is 2.62. The number of non-ortho nitro benzene ring substituents is 1. The fourth-order valence-electron chi connectivity index (χ4n) is 1.71. The first kappa shape index (κ1) is 12.5. The highest BCUT2D eigenvalue weighted by molar-refractivity contribution is 9.10. The van der Waals surface area contributed by atoms with Gasteiger partial charge in [0.05, 0.1) is 15.4 Å². The second-order valence-corrected chi connectivity index (χ2v) is 5.60. The standard InChI is InChI=1S/C10H8Br2N2O3/c11-7-2-1-6(14(16)17)5-9(7)13-4-3-8(12)10(13)15/h1-2,5,8H,3-4H2. The van der Waals surface area contributed by atoms with Gasteiger partial charge in [0.1, 0.15) is 0 Å². The van der Waals surface area contributed by atoms with Crippen molar-refractivity contribution >= 4 is 49.1 Å². The van der Waals surface area contributed by atoms with E-state index in [1.54, 1.807) is 11.0 Å². The van der Waals surface area contributed by atoms with Crippen LogP contribution >= 0.6 is 31.9 Å². The van der Waals surface area contributed by atoms with Crippen LogP contribution in [-0.2, 0) is 4.79 Å². The van der Waals surface area contributed by atoms with Gasteiger partial charge in [-0.2, -0.15) is 0 Å². The lowest BCUT2D eigenvalue weighted by Crippen LogP contribution is -2.27. The van der Waals surface area contributed by atoms with E-state index in [0.717, 1.165) is 0 Å². The maximum atomic E-state index is 11.8. The monoisotopic (exact) mass is 362 g/mol. The molecule has 1 aliphatic rings. The van der Waals surface area contributed by atoms with Crippen LogP contribution in [-0.4, -0.2) is 22.2 Å². The molecule has 1 aromatic carbocycles. The first-order chi connectivity index (χ1) is 8.00. The van der Waals surface area contributed by atoms with Crippen LogP contribution in [0.3, 0.4) is 0 Å². The molecule has 0 bridgehead atoms. The summed E-state index contributed by atoms with van der Waals surface area (Å²) in [7, 11) is 0. The minimum absolute atomic E-state index is 0.0194. The average molecular weight is 364 g/mol. The summed E-state index contributed by atoms with van der Waals surface area (Å²) in [6.07, 6.45) is 0.702. The Kier molecular flexibility index (Phi) is 3.48. The van der Waals surface area contributed by atoms with Crippen LogP contribution in [0.25, 0.3) is 0 Å². The summed E-state index contributed by atoms with van der Waals surface area (Å²) in [5, 5.41) is 10.7. The summed E-state index contributed by atoms with van der Waals surface area (Å²) < 4.78 is 0.679. The normalized spacial score (nSPS) is 19.8. The van der Waals surface area contributed by atoms with Gasteiger partial charge < -0.3 is 4.90 Å². The number of nitrogens with zero attached hydrogens (tertiary/aromatic N) is 2. The number of amides is 1. The number of rotatable bonds is 2. The van der Waals surface area contributed by atoms with Crippen LogP contribution in [0.5, 0.6) is 0 Å². The zero-order valence-electron chi connectivity index (χ0n) is 8.60. The number of nitro benzene ring substituents is 1. The molecule has 1 aromatic rings. The van der Waals surface area contributed by atoms with Crippen molar-refractivity contribution in [3.8, 4) is 0 Å². The maximum Gasteiger partial charge on any atom is 0.271 e. The van der Waals surface area contributed by atoms with Crippen LogP contribution in [0.4, 0.5) is 11.4 Å². The molecule has 7 heteroatoms. The number of benzene rings is 1. The lowest BCUT2D eigenvalue weighted by molar-refractivity contribution is -0.384. The second-order valence-electron chi connectivity index (χ2n) is 3.64. The summed E-state index contributed by atoms with van der Waals surface area (Å²) >= 11 is 6.58. The van der Waals surface area contributed by atoms with Gasteiger partial charge in [-0.1, -0.05) is 15.9 Å². The van der Waals surface area contributed by atoms with Crippen LogP contribution < -0.4 is 4.90 Å². The molecule has 0 aromatic heterocycles. The van der Waals surface area contributed by atoms with Crippen molar-refractivity contribution in [1.82, 2.24) is 0 Å². The Labute approximate surface area is 114 Å². The van der Waals surface area contributed by atoms with Crippen molar-refractivity contribution in [2.45, 2.75) is 11.2 Å². The third kappa shape index (κ3) is 2.35. The average Bonchev–Trinajstić information content (AvgIpc) is 2.60. The van der Waals surface area contributed by atoms with E-state index in [1.165, 1.54) is 12.1 Å². The highest BCUT2D eigenvalue weighted by atomic mass is 79.9. The molecule has 0 radical (unpaired) electrons. The summed E-state index contributed by atoms with van der Waals surface area (Å²) in [6.45, 7) is 0.564. The number of hydrogen-bond donors (Lipinski definition) is 0. The number of hydrogen-bond acceptors (Lipinski definition) is 3. The minimum atomic E-state index is -0.470. The number of nitro groups is 1. The Morgan fingerprint density at radius 2 is 2.18 bits per heavy atom. The molecular formula is C10H8Br2N2O3. The van der Waals surface area contributed by atoms with E-state index in [4.69, 9.17) is 0 Å². The fraction of sp³-hybridized carbons (Fsp3) is 0.300. The van der Waals surface area contributed by atoms with Crippen molar-refractivity contribution < 1.29 is 9.72 Å². The highest BCUT2D eigenvalue weighted by Crippen LogP contribution is 2.34. The Hall–Kier alpha value is -0.950. The van der Waals surface area contributed by atoms with Crippen molar-refractivity contribution in [3.63, 3.8) is 0 Å². The Bertz CT molecular complexity index is 492. The van der Waals surface area contributed by atoms with Crippen LogP contribution in [0.2, 0.25) is 0 Å². The molecule has 2 rings (SSSR count). The largest absolute Gasteiger partial charge is 0.310 e. The van der Waals surface area contributed by atoms with E-state index in [9.17, 15) is 14.9 Å². The highest BCUT2D eigenvalue weighted by Gasteiger charge is 2.32. The molecule has 5 nitrogen and oxygen atoms in total. The maximum absolute atomic E-state index is 11.8. The summed E-state index contributed by atoms with van der Waals surface area (Å²) in [6, 6.07) is 4.40.